The van der Waals surface area contributed by atoms with Crippen molar-refractivity contribution in [3.63, 3.8) is 0 Å². The van der Waals surface area contributed by atoms with Gasteiger partial charge in [0.1, 0.15) is 0 Å². The Morgan fingerprint density at radius 3 is 2.18 bits per heavy atom. The van der Waals surface area contributed by atoms with Crippen molar-refractivity contribution in [1.29, 1.82) is 0 Å². The average molecular weight is 296 g/mol. The third-order valence-corrected chi connectivity index (χ3v) is 3.63. The second-order valence-electron chi connectivity index (χ2n) is 5.50. The smallest absolute Gasteiger partial charge is 0.236 e. The van der Waals surface area contributed by atoms with Crippen LogP contribution in [-0.2, 0) is 17.8 Å². The number of nitrogens with zero attached hydrogens (tertiary/aromatic N) is 1. The SMILES string of the molecule is CN(Cc1ccccc1)C(=O)CNCCCc1ccccc1. The van der Waals surface area contributed by atoms with Gasteiger partial charge in [-0.15, -0.1) is 0 Å². The Labute approximate surface area is 133 Å². The predicted molar refractivity (Wildman–Crippen MR) is 90.5 cm³/mol. The van der Waals surface area contributed by atoms with Gasteiger partial charge in [0.05, 0.1) is 6.54 Å². The first kappa shape index (κ1) is 16.2. The lowest BCUT2D eigenvalue weighted by atomic mass is 10.1. The fourth-order valence-corrected chi connectivity index (χ4v) is 2.34. The Morgan fingerprint density at radius 1 is 0.955 bits per heavy atom. The maximum atomic E-state index is 12.0. The highest BCUT2D eigenvalue weighted by Crippen LogP contribution is 2.03. The van der Waals surface area contributed by atoms with Crippen LogP contribution in [0.3, 0.4) is 0 Å². The topological polar surface area (TPSA) is 32.3 Å². The zero-order chi connectivity index (χ0) is 15.6. The number of benzene rings is 2. The summed E-state index contributed by atoms with van der Waals surface area (Å²) in [5.74, 6) is 0.128. The van der Waals surface area contributed by atoms with E-state index in [1.807, 2.05) is 43.4 Å². The van der Waals surface area contributed by atoms with Gasteiger partial charge in [-0.05, 0) is 30.5 Å². The fourth-order valence-electron chi connectivity index (χ4n) is 2.34. The van der Waals surface area contributed by atoms with Gasteiger partial charge in [0.15, 0.2) is 0 Å². The van der Waals surface area contributed by atoms with Crippen LogP contribution in [-0.4, -0.2) is 30.9 Å². The normalized spacial score (nSPS) is 10.4. The first-order valence-electron chi connectivity index (χ1n) is 7.78. The molecule has 116 valence electrons. The zero-order valence-corrected chi connectivity index (χ0v) is 13.2. The van der Waals surface area contributed by atoms with Gasteiger partial charge in [-0.3, -0.25) is 4.79 Å². The van der Waals surface area contributed by atoms with Crippen LogP contribution in [0.2, 0.25) is 0 Å². The average Bonchev–Trinajstić information content (AvgIpc) is 2.56. The molecule has 0 spiro atoms. The van der Waals surface area contributed by atoms with Crippen LogP contribution >= 0.6 is 0 Å². The third kappa shape index (κ3) is 5.70. The zero-order valence-electron chi connectivity index (χ0n) is 13.2. The Hall–Kier alpha value is -2.13. The third-order valence-electron chi connectivity index (χ3n) is 3.63. The lowest BCUT2D eigenvalue weighted by Gasteiger charge is -2.17. The molecule has 0 radical (unpaired) electrons. The summed E-state index contributed by atoms with van der Waals surface area (Å²) >= 11 is 0. The molecular formula is C19H24N2O. The van der Waals surface area contributed by atoms with E-state index in [0.29, 0.717) is 13.1 Å². The molecule has 0 aliphatic carbocycles. The van der Waals surface area contributed by atoms with Gasteiger partial charge in [-0.2, -0.15) is 0 Å². The quantitative estimate of drug-likeness (QED) is 0.760. The fraction of sp³-hybridized carbons (Fsp3) is 0.316. The first-order valence-corrected chi connectivity index (χ1v) is 7.78. The predicted octanol–water partition coefficient (Wildman–Crippen LogP) is 2.87. The second-order valence-corrected chi connectivity index (χ2v) is 5.50. The van der Waals surface area contributed by atoms with Gasteiger partial charge in [-0.1, -0.05) is 60.7 Å². The number of likely N-dealkylation sites (N-methyl/N-ethyl adjacent to an activating group) is 1. The van der Waals surface area contributed by atoms with Crippen molar-refractivity contribution in [3.05, 3.63) is 71.8 Å². The first-order chi connectivity index (χ1) is 10.8. The Kier molecular flexibility index (Phi) is 6.65. The molecule has 0 fully saturated rings. The molecule has 0 atom stereocenters. The maximum Gasteiger partial charge on any atom is 0.236 e. The molecule has 2 aromatic rings. The van der Waals surface area contributed by atoms with E-state index in [2.05, 4.69) is 29.6 Å². The number of carbonyl (C=O) groups is 1. The molecule has 0 heterocycles. The van der Waals surface area contributed by atoms with Crippen LogP contribution in [0, 0.1) is 0 Å². The molecule has 0 aromatic heterocycles. The summed E-state index contributed by atoms with van der Waals surface area (Å²) in [6.07, 6.45) is 2.08. The Bertz CT molecular complexity index is 554. The molecule has 22 heavy (non-hydrogen) atoms. The van der Waals surface area contributed by atoms with Crippen molar-refractivity contribution in [3.8, 4) is 0 Å². The highest BCUT2D eigenvalue weighted by molar-refractivity contribution is 5.77. The van der Waals surface area contributed by atoms with Crippen LogP contribution in [0.5, 0.6) is 0 Å². The summed E-state index contributed by atoms with van der Waals surface area (Å²) in [6, 6.07) is 20.5. The number of nitrogens with one attached hydrogen (secondary N) is 1. The minimum absolute atomic E-state index is 0.128. The molecular weight excluding hydrogens is 272 g/mol. The highest BCUT2D eigenvalue weighted by atomic mass is 16.2. The van der Waals surface area contributed by atoms with Crippen LogP contribution in [0.4, 0.5) is 0 Å². The largest absolute Gasteiger partial charge is 0.340 e. The Balaban J connectivity index is 1.61. The molecule has 1 N–H and O–H groups in total. The summed E-state index contributed by atoms with van der Waals surface area (Å²) in [4.78, 5) is 13.8. The molecule has 0 saturated heterocycles. The molecule has 0 bridgehead atoms. The molecule has 2 rings (SSSR count). The summed E-state index contributed by atoms with van der Waals surface area (Å²) in [5, 5.41) is 3.23. The van der Waals surface area contributed by atoms with Gasteiger partial charge in [0, 0.05) is 13.6 Å². The van der Waals surface area contributed by atoms with E-state index in [1.54, 1.807) is 4.90 Å². The van der Waals surface area contributed by atoms with E-state index in [9.17, 15) is 4.79 Å². The van der Waals surface area contributed by atoms with Gasteiger partial charge in [0.25, 0.3) is 0 Å². The van der Waals surface area contributed by atoms with Crippen molar-refractivity contribution < 1.29 is 4.79 Å². The summed E-state index contributed by atoms with van der Waals surface area (Å²) in [5.41, 5.74) is 2.50. The van der Waals surface area contributed by atoms with E-state index < -0.39 is 0 Å². The lowest BCUT2D eigenvalue weighted by molar-refractivity contribution is -0.129. The molecule has 2 aromatic carbocycles. The summed E-state index contributed by atoms with van der Waals surface area (Å²) < 4.78 is 0. The maximum absolute atomic E-state index is 12.0. The van der Waals surface area contributed by atoms with Crippen LogP contribution in [0.1, 0.15) is 17.5 Å². The molecule has 1 amide bonds. The van der Waals surface area contributed by atoms with Gasteiger partial charge >= 0.3 is 0 Å². The highest BCUT2D eigenvalue weighted by Gasteiger charge is 2.08. The van der Waals surface area contributed by atoms with Gasteiger partial charge < -0.3 is 10.2 Å². The van der Waals surface area contributed by atoms with Gasteiger partial charge in [-0.25, -0.2) is 0 Å². The number of hydrogen-bond donors (Lipinski definition) is 1. The number of rotatable bonds is 8. The molecule has 0 unspecified atom stereocenters. The molecule has 3 heteroatoms. The second kappa shape index (κ2) is 9.00. The molecule has 3 nitrogen and oxygen atoms in total. The van der Waals surface area contributed by atoms with Crippen LogP contribution in [0.25, 0.3) is 0 Å². The van der Waals surface area contributed by atoms with Crippen molar-refractivity contribution in [1.82, 2.24) is 10.2 Å². The minimum Gasteiger partial charge on any atom is -0.340 e. The molecule has 0 aliphatic heterocycles. The van der Waals surface area contributed by atoms with Crippen LogP contribution in [0.15, 0.2) is 60.7 Å². The van der Waals surface area contributed by atoms with E-state index in [4.69, 9.17) is 0 Å². The Morgan fingerprint density at radius 2 is 1.55 bits per heavy atom. The minimum atomic E-state index is 0.128. The van der Waals surface area contributed by atoms with E-state index in [0.717, 1.165) is 24.9 Å². The van der Waals surface area contributed by atoms with Crippen molar-refractivity contribution >= 4 is 5.91 Å². The number of amides is 1. The van der Waals surface area contributed by atoms with Crippen LogP contribution < -0.4 is 5.32 Å². The van der Waals surface area contributed by atoms with E-state index in [1.165, 1.54) is 5.56 Å². The standard InChI is InChI=1S/C19H24N2O/c1-21(16-18-11-6-3-7-12-18)19(22)15-20-14-8-13-17-9-4-2-5-10-17/h2-7,9-12,20H,8,13-16H2,1H3. The molecule has 0 saturated carbocycles. The molecule has 0 aliphatic rings. The van der Waals surface area contributed by atoms with Crippen molar-refractivity contribution in [2.45, 2.75) is 19.4 Å². The number of hydrogen-bond acceptors (Lipinski definition) is 2. The van der Waals surface area contributed by atoms with Crippen molar-refractivity contribution in [2.24, 2.45) is 0 Å². The lowest BCUT2D eigenvalue weighted by Crippen LogP contribution is -2.35. The number of carbonyl (C=O) groups excluding carboxylic acids is 1. The summed E-state index contributed by atoms with van der Waals surface area (Å²) in [6.45, 7) is 1.92. The van der Waals surface area contributed by atoms with Crippen molar-refractivity contribution in [2.75, 3.05) is 20.1 Å². The van der Waals surface area contributed by atoms with E-state index in [-0.39, 0.29) is 5.91 Å². The van der Waals surface area contributed by atoms with E-state index >= 15 is 0 Å². The summed E-state index contributed by atoms with van der Waals surface area (Å²) in [7, 11) is 1.85. The van der Waals surface area contributed by atoms with Gasteiger partial charge in [0.2, 0.25) is 5.91 Å². The monoisotopic (exact) mass is 296 g/mol. The number of aryl methyl sites for hydroxylation is 1.